The molecule has 2 aromatic rings. The number of allylic oxidation sites excluding steroid dienone is 1. The van der Waals surface area contributed by atoms with Crippen LogP contribution in [0.3, 0.4) is 0 Å². The predicted octanol–water partition coefficient (Wildman–Crippen LogP) is 4.62. The first-order valence-electron chi connectivity index (χ1n) is 8.32. The van der Waals surface area contributed by atoms with E-state index in [4.69, 9.17) is 14.2 Å². The third-order valence-electron chi connectivity index (χ3n) is 4.16. The number of thioether (sulfide) groups is 1. The Hall–Kier alpha value is -2.44. The maximum atomic E-state index is 12.8. The average molecular weight is 388 g/mol. The zero-order valence-corrected chi connectivity index (χ0v) is 17.0. The van der Waals surface area contributed by atoms with Gasteiger partial charge in [0.2, 0.25) is 0 Å². The van der Waals surface area contributed by atoms with E-state index in [0.717, 1.165) is 10.5 Å². The van der Waals surface area contributed by atoms with E-state index in [1.54, 1.807) is 31.7 Å². The summed E-state index contributed by atoms with van der Waals surface area (Å²) in [6.07, 6.45) is 5.15. The first-order chi connectivity index (χ1) is 12.9. The summed E-state index contributed by atoms with van der Waals surface area (Å²) in [5, 5.41) is 10.6. The van der Waals surface area contributed by atoms with Crippen molar-refractivity contribution in [3.63, 3.8) is 0 Å². The third kappa shape index (κ3) is 4.64. The molecule has 0 saturated carbocycles. The van der Waals surface area contributed by atoms with Gasteiger partial charge in [-0.05, 0) is 43.9 Å². The van der Waals surface area contributed by atoms with Crippen LogP contribution >= 0.6 is 11.8 Å². The Bertz CT molecular complexity index is 841. The number of phenolic OH excluding ortho intramolecular Hbond substituents is 1. The van der Waals surface area contributed by atoms with Crippen LogP contribution in [0.15, 0.2) is 35.2 Å². The molecule has 0 atom stereocenters. The molecule has 0 bridgehead atoms. The van der Waals surface area contributed by atoms with Gasteiger partial charge < -0.3 is 19.3 Å². The molecule has 0 aromatic heterocycles. The Balaban J connectivity index is 2.40. The molecular formula is C21H24O5S. The number of ketones is 1. The summed E-state index contributed by atoms with van der Waals surface area (Å²) in [7, 11) is 2.97. The molecular weight excluding hydrogens is 364 g/mol. The first kappa shape index (κ1) is 20.9. The summed E-state index contributed by atoms with van der Waals surface area (Å²) in [4.78, 5) is 13.9. The molecule has 2 rings (SSSR count). The van der Waals surface area contributed by atoms with Crippen LogP contribution in [-0.2, 0) is 4.74 Å². The standard InChI is InChI=1S/C21H24O5S/c1-13-19(23)18(21(25-4)14(2)20(13)26-12-24-3)17(22)11-8-15-6-9-16(27-5)10-7-15/h6-11,23H,12H2,1-5H3/b11-8+. The number of methoxy groups -OCH3 is 2. The van der Waals surface area contributed by atoms with Gasteiger partial charge in [0, 0.05) is 23.1 Å². The zero-order chi connectivity index (χ0) is 20.0. The normalized spacial score (nSPS) is 11.0. The number of hydrogen-bond acceptors (Lipinski definition) is 6. The van der Waals surface area contributed by atoms with Crippen LogP contribution in [0.5, 0.6) is 17.2 Å². The Morgan fingerprint density at radius 3 is 2.33 bits per heavy atom. The highest BCUT2D eigenvalue weighted by atomic mass is 32.2. The minimum atomic E-state index is -0.345. The number of benzene rings is 2. The van der Waals surface area contributed by atoms with Crippen LogP contribution in [0.4, 0.5) is 0 Å². The van der Waals surface area contributed by atoms with Gasteiger partial charge >= 0.3 is 0 Å². The molecule has 0 saturated heterocycles. The molecule has 0 aliphatic rings. The second-order valence-electron chi connectivity index (χ2n) is 5.86. The van der Waals surface area contributed by atoms with Crippen molar-refractivity contribution in [3.05, 3.63) is 52.6 Å². The van der Waals surface area contributed by atoms with Gasteiger partial charge in [0.25, 0.3) is 0 Å². The molecule has 5 nitrogen and oxygen atoms in total. The van der Waals surface area contributed by atoms with E-state index in [1.807, 2.05) is 30.5 Å². The molecule has 27 heavy (non-hydrogen) atoms. The number of hydrogen-bond donors (Lipinski definition) is 1. The molecule has 0 unspecified atom stereocenters. The van der Waals surface area contributed by atoms with Crippen LogP contribution in [0.1, 0.15) is 27.0 Å². The zero-order valence-electron chi connectivity index (χ0n) is 16.2. The molecule has 0 spiro atoms. The van der Waals surface area contributed by atoms with Crippen molar-refractivity contribution in [2.45, 2.75) is 18.7 Å². The van der Waals surface area contributed by atoms with Crippen molar-refractivity contribution in [2.75, 3.05) is 27.3 Å². The molecule has 0 aliphatic carbocycles. The minimum Gasteiger partial charge on any atom is -0.507 e. The number of phenols is 1. The quantitative estimate of drug-likeness (QED) is 0.308. The lowest BCUT2D eigenvalue weighted by Gasteiger charge is -2.18. The Morgan fingerprint density at radius 1 is 1.11 bits per heavy atom. The van der Waals surface area contributed by atoms with E-state index in [1.165, 1.54) is 20.3 Å². The molecule has 0 fully saturated rings. The fraction of sp³-hybridized carbons (Fsp3) is 0.286. The topological polar surface area (TPSA) is 65.0 Å². The molecule has 0 heterocycles. The molecule has 0 amide bonds. The van der Waals surface area contributed by atoms with Gasteiger partial charge in [-0.1, -0.05) is 18.2 Å². The number of carbonyl (C=O) groups excluding carboxylic acids is 1. The van der Waals surface area contributed by atoms with Crippen molar-refractivity contribution in [1.82, 2.24) is 0 Å². The van der Waals surface area contributed by atoms with Gasteiger partial charge in [-0.25, -0.2) is 0 Å². The summed E-state index contributed by atoms with van der Waals surface area (Å²) in [5.74, 6) is 0.231. The minimum absolute atomic E-state index is 0.0313. The lowest BCUT2D eigenvalue weighted by atomic mass is 9.98. The number of carbonyl (C=O) groups is 1. The van der Waals surface area contributed by atoms with E-state index in [2.05, 4.69) is 0 Å². The van der Waals surface area contributed by atoms with Crippen LogP contribution < -0.4 is 9.47 Å². The second kappa shape index (κ2) is 9.48. The molecule has 1 N–H and O–H groups in total. The summed E-state index contributed by atoms with van der Waals surface area (Å²) >= 11 is 1.65. The van der Waals surface area contributed by atoms with Gasteiger partial charge in [-0.15, -0.1) is 11.8 Å². The van der Waals surface area contributed by atoms with Crippen molar-refractivity contribution >= 4 is 23.6 Å². The monoisotopic (exact) mass is 388 g/mol. The van der Waals surface area contributed by atoms with E-state index in [0.29, 0.717) is 16.9 Å². The fourth-order valence-electron chi connectivity index (χ4n) is 2.76. The molecule has 2 aromatic carbocycles. The highest BCUT2D eigenvalue weighted by molar-refractivity contribution is 7.98. The highest BCUT2D eigenvalue weighted by Gasteiger charge is 2.24. The molecule has 0 radical (unpaired) electrons. The summed E-state index contributed by atoms with van der Waals surface area (Å²) in [6.45, 7) is 3.50. The van der Waals surface area contributed by atoms with Crippen molar-refractivity contribution in [2.24, 2.45) is 0 Å². The first-order valence-corrected chi connectivity index (χ1v) is 9.55. The predicted molar refractivity (Wildman–Crippen MR) is 108 cm³/mol. The SMILES string of the molecule is COCOc1c(C)c(O)c(C(=O)/C=C/c2ccc(SC)cc2)c(OC)c1C. The van der Waals surface area contributed by atoms with Crippen molar-refractivity contribution in [3.8, 4) is 17.2 Å². The highest BCUT2D eigenvalue weighted by Crippen LogP contribution is 2.42. The summed E-state index contributed by atoms with van der Waals surface area (Å²) in [6, 6.07) is 7.85. The van der Waals surface area contributed by atoms with E-state index in [9.17, 15) is 9.90 Å². The van der Waals surface area contributed by atoms with E-state index >= 15 is 0 Å². The maximum Gasteiger partial charge on any atom is 0.193 e. The second-order valence-corrected chi connectivity index (χ2v) is 6.74. The Labute approximate surface area is 164 Å². The lowest BCUT2D eigenvalue weighted by Crippen LogP contribution is -2.08. The fourth-order valence-corrected chi connectivity index (χ4v) is 3.17. The summed E-state index contributed by atoms with van der Waals surface area (Å²) < 4.78 is 15.9. The van der Waals surface area contributed by atoms with Gasteiger partial charge in [0.05, 0.1) is 7.11 Å². The third-order valence-corrected chi connectivity index (χ3v) is 4.90. The van der Waals surface area contributed by atoms with Crippen molar-refractivity contribution in [1.29, 1.82) is 0 Å². The van der Waals surface area contributed by atoms with E-state index < -0.39 is 0 Å². The van der Waals surface area contributed by atoms with Crippen LogP contribution in [0.2, 0.25) is 0 Å². The van der Waals surface area contributed by atoms with Gasteiger partial charge in [0.1, 0.15) is 22.8 Å². The number of rotatable bonds is 8. The van der Waals surface area contributed by atoms with Gasteiger partial charge in [0.15, 0.2) is 12.6 Å². The maximum absolute atomic E-state index is 12.8. The summed E-state index contributed by atoms with van der Waals surface area (Å²) in [5.41, 5.74) is 2.11. The van der Waals surface area contributed by atoms with Crippen molar-refractivity contribution < 1.29 is 24.1 Å². The largest absolute Gasteiger partial charge is 0.507 e. The average Bonchev–Trinajstić information content (AvgIpc) is 2.69. The van der Waals surface area contributed by atoms with Crippen LogP contribution in [0.25, 0.3) is 6.08 Å². The Kier molecular flexibility index (Phi) is 7.33. The molecule has 0 aliphatic heterocycles. The molecule has 144 valence electrons. The van der Waals surface area contributed by atoms with E-state index in [-0.39, 0.29) is 29.6 Å². The smallest absolute Gasteiger partial charge is 0.193 e. The lowest BCUT2D eigenvalue weighted by molar-refractivity contribution is 0.0497. The number of aromatic hydroxyl groups is 1. The number of ether oxygens (including phenoxy) is 3. The van der Waals surface area contributed by atoms with Crippen LogP contribution in [-0.4, -0.2) is 38.2 Å². The van der Waals surface area contributed by atoms with Gasteiger partial charge in [-0.3, -0.25) is 4.79 Å². The van der Waals surface area contributed by atoms with Gasteiger partial charge in [-0.2, -0.15) is 0 Å². The Morgan fingerprint density at radius 2 is 1.78 bits per heavy atom. The molecule has 6 heteroatoms. The van der Waals surface area contributed by atoms with Crippen LogP contribution in [0, 0.1) is 13.8 Å².